The minimum atomic E-state index is 0. The van der Waals surface area contributed by atoms with E-state index in [-0.39, 0.29) is 62.0 Å². The van der Waals surface area contributed by atoms with Gasteiger partial charge in [0, 0.05) is 0 Å². The van der Waals surface area contributed by atoms with Crippen LogP contribution in [0, 0.1) is 0 Å². The molecule has 3 rings (SSSR count). The fourth-order valence-electron chi connectivity index (χ4n) is 1.95. The molecule has 3 aromatic rings. The summed E-state index contributed by atoms with van der Waals surface area (Å²) in [6, 6.07) is 21.4. The number of benzene rings is 3. The second kappa shape index (κ2) is 6.20. The fourth-order valence-corrected chi connectivity index (χ4v) is 1.95. The van der Waals surface area contributed by atoms with Gasteiger partial charge >= 0.3 is 59.1 Å². The molecule has 0 unspecified atom stereocenters. The van der Waals surface area contributed by atoms with E-state index in [2.05, 4.69) is 60.7 Å². The zero-order valence-corrected chi connectivity index (χ0v) is 13.8. The molecule has 0 aromatic heterocycles. The van der Waals surface area contributed by atoms with Crippen molar-refractivity contribution in [1.82, 2.24) is 0 Å². The summed E-state index contributed by atoms with van der Waals surface area (Å²) in [7, 11) is 0. The van der Waals surface area contributed by atoms with Crippen LogP contribution in [0.15, 0.2) is 60.7 Å². The molecule has 0 amide bonds. The maximum absolute atomic E-state index is 2.18. The predicted octanol–water partition coefficient (Wildman–Crippen LogP) is -1.77. The maximum atomic E-state index is 2.18. The van der Waals surface area contributed by atoms with Crippen LogP contribution in [0.5, 0.6) is 0 Å². The van der Waals surface area contributed by atoms with Gasteiger partial charge in [-0.15, -0.1) is 0 Å². The van der Waals surface area contributed by atoms with E-state index in [9.17, 15) is 0 Å². The molecule has 0 radical (unpaired) electrons. The molecular formula is C14H12Na2. The quantitative estimate of drug-likeness (QED) is 0.314. The molecule has 0 saturated carbocycles. The summed E-state index contributed by atoms with van der Waals surface area (Å²) < 4.78 is 0. The average Bonchev–Trinajstić information content (AvgIpc) is 2.29. The molecular weight excluding hydrogens is 214 g/mol. The zero-order chi connectivity index (χ0) is 9.38. The van der Waals surface area contributed by atoms with E-state index < -0.39 is 0 Å². The second-order valence-electron chi connectivity index (χ2n) is 3.51. The first-order valence-electron chi connectivity index (χ1n) is 4.82. The van der Waals surface area contributed by atoms with E-state index >= 15 is 0 Å². The van der Waals surface area contributed by atoms with Crippen LogP contribution < -0.4 is 59.1 Å². The van der Waals surface area contributed by atoms with Gasteiger partial charge in [-0.25, -0.2) is 0 Å². The molecule has 2 heteroatoms. The van der Waals surface area contributed by atoms with Crippen molar-refractivity contribution in [3.05, 3.63) is 60.7 Å². The summed E-state index contributed by atoms with van der Waals surface area (Å²) in [6.07, 6.45) is 0. The van der Waals surface area contributed by atoms with Crippen LogP contribution in [0.25, 0.3) is 21.5 Å². The Balaban J connectivity index is 0. The van der Waals surface area contributed by atoms with Crippen LogP contribution in [0.3, 0.4) is 0 Å². The minimum Gasteiger partial charge on any atom is -1.00 e. The van der Waals surface area contributed by atoms with Crippen LogP contribution in [0.4, 0.5) is 0 Å². The molecule has 0 saturated heterocycles. The first-order chi connectivity index (χ1) is 6.95. The minimum absolute atomic E-state index is 0. The Labute approximate surface area is 143 Å². The van der Waals surface area contributed by atoms with Crippen molar-refractivity contribution in [1.29, 1.82) is 0 Å². The molecule has 0 atom stereocenters. The van der Waals surface area contributed by atoms with Crippen LogP contribution >= 0.6 is 0 Å². The monoisotopic (exact) mass is 226 g/mol. The summed E-state index contributed by atoms with van der Waals surface area (Å²) in [5.41, 5.74) is 0. The molecule has 0 bridgehead atoms. The molecule has 0 aliphatic rings. The Bertz CT molecular complexity index is 557. The van der Waals surface area contributed by atoms with Gasteiger partial charge in [-0.3, -0.25) is 0 Å². The van der Waals surface area contributed by atoms with Crippen LogP contribution in [-0.4, -0.2) is 0 Å². The van der Waals surface area contributed by atoms with Gasteiger partial charge in [0.05, 0.1) is 0 Å². The van der Waals surface area contributed by atoms with Gasteiger partial charge < -0.3 is 2.85 Å². The normalized spacial score (nSPS) is 9.50. The SMILES string of the molecule is [H-].[H-].[Na+].[Na+].c1ccc2c(c1)ccc1ccccc12. The van der Waals surface area contributed by atoms with Gasteiger partial charge in [-0.2, -0.15) is 0 Å². The predicted molar refractivity (Wildman–Crippen MR) is 63.7 cm³/mol. The summed E-state index contributed by atoms with van der Waals surface area (Å²) in [5.74, 6) is 0. The fraction of sp³-hybridized carbons (Fsp3) is 0. The van der Waals surface area contributed by atoms with Crippen molar-refractivity contribution in [2.45, 2.75) is 0 Å². The summed E-state index contributed by atoms with van der Waals surface area (Å²) >= 11 is 0. The zero-order valence-electron chi connectivity index (χ0n) is 11.8. The van der Waals surface area contributed by atoms with Crippen molar-refractivity contribution in [2.24, 2.45) is 0 Å². The molecule has 0 N–H and O–H groups in total. The van der Waals surface area contributed by atoms with E-state index in [1.807, 2.05) is 0 Å². The molecule has 0 aliphatic heterocycles. The van der Waals surface area contributed by atoms with E-state index in [0.29, 0.717) is 0 Å². The van der Waals surface area contributed by atoms with Crippen molar-refractivity contribution in [2.75, 3.05) is 0 Å². The average molecular weight is 226 g/mol. The number of rotatable bonds is 0. The number of fused-ring (bicyclic) bond motifs is 3. The standard InChI is InChI=1S/C14H10.2Na.2H/c1-3-7-13-11(5-1)9-10-12-6-2-4-8-14(12)13;;;;/h1-10H;;;;/q;2*+1;2*-1. The molecule has 0 fully saturated rings. The third-order valence-corrected chi connectivity index (χ3v) is 2.65. The number of hydrogen-bond donors (Lipinski definition) is 0. The van der Waals surface area contributed by atoms with Crippen molar-refractivity contribution in [3.63, 3.8) is 0 Å². The molecule has 0 nitrogen and oxygen atoms in total. The van der Waals surface area contributed by atoms with Crippen molar-refractivity contribution >= 4 is 21.5 Å². The second-order valence-corrected chi connectivity index (χ2v) is 3.51. The van der Waals surface area contributed by atoms with Crippen LogP contribution in [-0.2, 0) is 0 Å². The topological polar surface area (TPSA) is 0 Å². The summed E-state index contributed by atoms with van der Waals surface area (Å²) in [6.45, 7) is 0. The van der Waals surface area contributed by atoms with E-state index in [4.69, 9.17) is 0 Å². The Morgan fingerprint density at radius 3 is 1.31 bits per heavy atom. The molecule has 16 heavy (non-hydrogen) atoms. The molecule has 0 heterocycles. The van der Waals surface area contributed by atoms with E-state index in [1.54, 1.807) is 0 Å². The smallest absolute Gasteiger partial charge is 1.00 e. The molecule has 0 spiro atoms. The largest absolute Gasteiger partial charge is 1.00 e. The van der Waals surface area contributed by atoms with Gasteiger partial charge in [-0.1, -0.05) is 60.7 Å². The van der Waals surface area contributed by atoms with Gasteiger partial charge in [0.1, 0.15) is 0 Å². The first-order valence-corrected chi connectivity index (χ1v) is 4.82. The molecule has 70 valence electrons. The Kier molecular flexibility index (Phi) is 5.52. The summed E-state index contributed by atoms with van der Waals surface area (Å²) in [5, 5.41) is 5.30. The van der Waals surface area contributed by atoms with E-state index in [0.717, 1.165) is 0 Å². The molecule has 3 aromatic carbocycles. The molecule has 0 aliphatic carbocycles. The van der Waals surface area contributed by atoms with Gasteiger partial charge in [0.25, 0.3) is 0 Å². The maximum Gasteiger partial charge on any atom is 1.00 e. The Morgan fingerprint density at radius 2 is 0.875 bits per heavy atom. The third-order valence-electron chi connectivity index (χ3n) is 2.65. The van der Waals surface area contributed by atoms with Crippen molar-refractivity contribution in [3.8, 4) is 0 Å². The third kappa shape index (κ3) is 2.53. The van der Waals surface area contributed by atoms with Gasteiger partial charge in [-0.05, 0) is 21.5 Å². The Morgan fingerprint density at radius 1 is 0.500 bits per heavy atom. The number of hydrogen-bond acceptors (Lipinski definition) is 0. The summed E-state index contributed by atoms with van der Waals surface area (Å²) in [4.78, 5) is 0. The van der Waals surface area contributed by atoms with Crippen LogP contribution in [0.2, 0.25) is 0 Å². The Hall–Kier alpha value is 0.180. The van der Waals surface area contributed by atoms with Crippen molar-refractivity contribution < 1.29 is 62.0 Å². The van der Waals surface area contributed by atoms with Gasteiger partial charge in [0.15, 0.2) is 0 Å². The van der Waals surface area contributed by atoms with Crippen LogP contribution in [0.1, 0.15) is 2.85 Å². The first kappa shape index (κ1) is 14.2. The van der Waals surface area contributed by atoms with Gasteiger partial charge in [0.2, 0.25) is 0 Å². The van der Waals surface area contributed by atoms with E-state index in [1.165, 1.54) is 21.5 Å².